The molecule has 3 atom stereocenters. The Kier molecular flexibility index (Phi) is 9.72. The molecule has 0 unspecified atom stereocenters. The molecule has 0 radical (unpaired) electrons. The van der Waals surface area contributed by atoms with Gasteiger partial charge in [0.15, 0.2) is 0 Å². The van der Waals surface area contributed by atoms with Crippen molar-refractivity contribution in [2.24, 2.45) is 5.11 Å². The molecule has 4 rings (SSSR count). The van der Waals surface area contributed by atoms with E-state index in [0.717, 1.165) is 22.6 Å². The topological polar surface area (TPSA) is 172 Å². The van der Waals surface area contributed by atoms with E-state index in [-0.39, 0.29) is 18.8 Å². The summed E-state index contributed by atoms with van der Waals surface area (Å²) < 4.78 is 17.1. The molecule has 2 aromatic carbocycles. The summed E-state index contributed by atoms with van der Waals surface area (Å²) in [5.74, 6) is 1.77. The number of aromatic nitrogens is 2. The number of ether oxygens (including phenoxy) is 3. The number of benzene rings is 2. The maximum absolute atomic E-state index is 11.7. The van der Waals surface area contributed by atoms with E-state index in [1.165, 1.54) is 10.8 Å². The van der Waals surface area contributed by atoms with Crippen molar-refractivity contribution in [3.63, 3.8) is 0 Å². The Morgan fingerprint density at radius 1 is 1.13 bits per heavy atom. The Hall–Kier alpha value is -4.51. The number of aromatic amines is 1. The van der Waals surface area contributed by atoms with Gasteiger partial charge in [-0.15, -0.1) is 0 Å². The van der Waals surface area contributed by atoms with Crippen LogP contribution >= 0.6 is 0 Å². The maximum atomic E-state index is 11.7. The molecule has 0 spiro atoms. The molecule has 200 valence electrons. The second-order valence-electron chi connectivity index (χ2n) is 8.37. The summed E-state index contributed by atoms with van der Waals surface area (Å²) in [5, 5.41) is 21.9. The minimum absolute atomic E-state index is 0.264. The van der Waals surface area contributed by atoms with E-state index in [0.29, 0.717) is 5.56 Å². The molecular weight excluding hydrogens is 494 g/mol. The number of aliphatic hydroxyl groups is 1. The molecule has 12 heteroatoms. The second-order valence-corrected chi connectivity index (χ2v) is 8.37. The van der Waals surface area contributed by atoms with Crippen LogP contribution in [0, 0.1) is 6.92 Å². The molecule has 2 heterocycles. The third kappa shape index (κ3) is 7.26. The number of hydrogen-bond donors (Lipinski definition) is 3. The van der Waals surface area contributed by atoms with E-state index in [1.807, 2.05) is 42.5 Å². The SMILES string of the molecule is COc1cc(/C=C/c2ccc(O)cc2)cc(OC)c1.Cc1cn([C@H]2C[C@H](N=[N+]=[N-])[C@@H](CO)O2)c(=O)[nH]c1=O. The normalized spacial score (nSPS) is 18.4. The minimum atomic E-state index is -0.671. The molecule has 1 saturated heterocycles. The maximum Gasteiger partial charge on any atom is 0.330 e. The lowest BCUT2D eigenvalue weighted by Gasteiger charge is -2.14. The summed E-state index contributed by atoms with van der Waals surface area (Å²) in [5.41, 5.74) is 9.76. The highest BCUT2D eigenvalue weighted by molar-refractivity contribution is 5.71. The summed E-state index contributed by atoms with van der Waals surface area (Å²) in [7, 11) is 3.25. The first-order chi connectivity index (χ1) is 18.3. The molecule has 1 aliphatic rings. The standard InChI is InChI=1S/C16H16O3.C10H13N5O4/c1-18-15-9-13(10-16(11-15)19-2)4-3-12-5-7-14(17)8-6-12;1-5-3-15(10(18)12-9(5)17)8-2-6(13-14-11)7(4-16)19-8/h3-11,17H,1-2H3;3,6-8,16H,2,4H2,1H3,(H,12,17,18)/b4-3+;/t;6-,7+,8+/m.0/s1. The highest BCUT2D eigenvalue weighted by atomic mass is 16.5. The number of nitrogens with zero attached hydrogens (tertiary/aromatic N) is 4. The van der Waals surface area contributed by atoms with Gasteiger partial charge >= 0.3 is 5.69 Å². The number of aromatic hydroxyl groups is 1. The fourth-order valence-electron chi connectivity index (χ4n) is 3.74. The van der Waals surface area contributed by atoms with Crippen LogP contribution in [0.1, 0.15) is 29.3 Å². The van der Waals surface area contributed by atoms with Crippen LogP contribution < -0.4 is 20.7 Å². The van der Waals surface area contributed by atoms with Gasteiger partial charge in [0.05, 0.1) is 33.0 Å². The molecule has 38 heavy (non-hydrogen) atoms. The minimum Gasteiger partial charge on any atom is -0.508 e. The van der Waals surface area contributed by atoms with Crippen molar-refractivity contribution in [2.75, 3.05) is 20.8 Å². The van der Waals surface area contributed by atoms with Gasteiger partial charge in [-0.1, -0.05) is 29.4 Å². The monoisotopic (exact) mass is 523 g/mol. The Balaban J connectivity index is 0.000000211. The number of H-pyrrole nitrogens is 1. The van der Waals surface area contributed by atoms with Crippen LogP contribution in [0.4, 0.5) is 0 Å². The van der Waals surface area contributed by atoms with Gasteiger partial charge in [-0.05, 0) is 47.8 Å². The number of methoxy groups -OCH3 is 2. The van der Waals surface area contributed by atoms with Crippen molar-refractivity contribution >= 4 is 12.2 Å². The van der Waals surface area contributed by atoms with Crippen LogP contribution in [0.5, 0.6) is 17.2 Å². The lowest BCUT2D eigenvalue weighted by molar-refractivity contribution is -0.0271. The third-order valence-electron chi connectivity index (χ3n) is 5.78. The number of azide groups is 1. The molecular formula is C26H29N5O7. The lowest BCUT2D eigenvalue weighted by Crippen LogP contribution is -2.33. The molecule has 3 aromatic rings. The van der Waals surface area contributed by atoms with Crippen LogP contribution in [0.25, 0.3) is 22.6 Å². The largest absolute Gasteiger partial charge is 0.508 e. The predicted molar refractivity (Wildman–Crippen MR) is 141 cm³/mol. The first-order valence-corrected chi connectivity index (χ1v) is 11.6. The Labute approximate surface area is 218 Å². The summed E-state index contributed by atoms with van der Waals surface area (Å²) in [4.78, 5) is 27.8. The van der Waals surface area contributed by atoms with Gasteiger partial charge in [-0.3, -0.25) is 14.3 Å². The summed E-state index contributed by atoms with van der Waals surface area (Å²) in [6, 6.07) is 12.2. The molecule has 0 saturated carbocycles. The van der Waals surface area contributed by atoms with Gasteiger partial charge in [0, 0.05) is 29.2 Å². The van der Waals surface area contributed by atoms with Gasteiger partial charge in [0.2, 0.25) is 0 Å². The second kappa shape index (κ2) is 13.2. The quantitative estimate of drug-likeness (QED) is 0.184. The van der Waals surface area contributed by atoms with Crippen molar-refractivity contribution in [3.8, 4) is 17.2 Å². The zero-order valence-corrected chi connectivity index (χ0v) is 21.1. The van der Waals surface area contributed by atoms with E-state index < -0.39 is 29.6 Å². The Morgan fingerprint density at radius 3 is 2.34 bits per heavy atom. The Morgan fingerprint density at radius 2 is 1.76 bits per heavy atom. The molecule has 12 nitrogen and oxygen atoms in total. The smallest absolute Gasteiger partial charge is 0.330 e. The van der Waals surface area contributed by atoms with Gasteiger partial charge < -0.3 is 24.4 Å². The zero-order chi connectivity index (χ0) is 27.7. The van der Waals surface area contributed by atoms with E-state index >= 15 is 0 Å². The van der Waals surface area contributed by atoms with Gasteiger partial charge in [0.25, 0.3) is 5.56 Å². The summed E-state index contributed by atoms with van der Waals surface area (Å²) in [6.07, 6.45) is 4.26. The highest BCUT2D eigenvalue weighted by Gasteiger charge is 2.35. The molecule has 0 aliphatic carbocycles. The van der Waals surface area contributed by atoms with Crippen molar-refractivity contribution in [1.82, 2.24) is 9.55 Å². The number of nitrogens with one attached hydrogen (secondary N) is 1. The van der Waals surface area contributed by atoms with E-state index in [9.17, 15) is 14.7 Å². The molecule has 0 bridgehead atoms. The van der Waals surface area contributed by atoms with Crippen LogP contribution in [0.2, 0.25) is 0 Å². The molecule has 3 N–H and O–H groups in total. The summed E-state index contributed by atoms with van der Waals surface area (Å²) in [6.45, 7) is 1.26. The van der Waals surface area contributed by atoms with Crippen LogP contribution in [-0.2, 0) is 4.74 Å². The third-order valence-corrected chi connectivity index (χ3v) is 5.78. The van der Waals surface area contributed by atoms with E-state index in [4.69, 9.17) is 24.8 Å². The molecule has 1 aromatic heterocycles. The van der Waals surface area contributed by atoms with Crippen molar-refractivity contribution in [2.45, 2.75) is 31.7 Å². The van der Waals surface area contributed by atoms with Gasteiger partial charge in [-0.2, -0.15) is 0 Å². The number of phenols is 1. The van der Waals surface area contributed by atoms with Gasteiger partial charge in [-0.25, -0.2) is 4.79 Å². The number of aryl methyl sites for hydroxylation is 1. The number of rotatable bonds is 7. The van der Waals surface area contributed by atoms with Crippen molar-refractivity contribution < 1.29 is 24.4 Å². The Bertz CT molecular complexity index is 1400. The predicted octanol–water partition coefficient (Wildman–Crippen LogP) is 3.38. The van der Waals surface area contributed by atoms with Crippen LogP contribution in [0.15, 0.2) is 63.4 Å². The number of hydrogen-bond acceptors (Lipinski definition) is 8. The van der Waals surface area contributed by atoms with Crippen LogP contribution in [-0.4, -0.2) is 52.7 Å². The number of phenolic OH excluding ortho intramolecular Hbond substituents is 1. The zero-order valence-electron chi connectivity index (χ0n) is 21.1. The average molecular weight is 524 g/mol. The average Bonchev–Trinajstić information content (AvgIpc) is 3.33. The summed E-state index contributed by atoms with van der Waals surface area (Å²) >= 11 is 0. The first-order valence-electron chi connectivity index (χ1n) is 11.6. The fourth-order valence-corrected chi connectivity index (χ4v) is 3.74. The molecule has 1 aliphatic heterocycles. The van der Waals surface area contributed by atoms with E-state index in [2.05, 4.69) is 15.0 Å². The van der Waals surface area contributed by atoms with E-state index in [1.54, 1.807) is 33.3 Å². The molecule has 0 amide bonds. The van der Waals surface area contributed by atoms with Crippen molar-refractivity contribution in [1.29, 1.82) is 0 Å². The lowest BCUT2D eigenvalue weighted by atomic mass is 10.1. The first kappa shape index (κ1) is 28.1. The van der Waals surface area contributed by atoms with Crippen molar-refractivity contribution in [3.05, 3.63) is 96.6 Å². The van der Waals surface area contributed by atoms with Gasteiger partial charge in [0.1, 0.15) is 23.5 Å². The highest BCUT2D eigenvalue weighted by Crippen LogP contribution is 2.29. The molecule has 1 fully saturated rings. The fraction of sp³-hybridized carbons (Fsp3) is 0.308. The number of aliphatic hydroxyl groups excluding tert-OH is 1. The van der Waals surface area contributed by atoms with Crippen LogP contribution in [0.3, 0.4) is 0 Å².